The number of aromatic nitrogens is 1. The molecule has 1 atom stereocenters. The number of benzene rings is 2. The summed E-state index contributed by atoms with van der Waals surface area (Å²) in [4.78, 5) is 31.0. The van der Waals surface area contributed by atoms with Crippen LogP contribution in [0.25, 0.3) is 10.9 Å². The van der Waals surface area contributed by atoms with E-state index in [1.165, 1.54) is 7.11 Å². The average Bonchev–Trinajstić information content (AvgIpc) is 3.06. The Balaban J connectivity index is 1.65. The first kappa shape index (κ1) is 19.8. The van der Waals surface area contributed by atoms with E-state index in [9.17, 15) is 9.59 Å². The van der Waals surface area contributed by atoms with Crippen molar-refractivity contribution in [2.24, 2.45) is 5.92 Å². The van der Waals surface area contributed by atoms with Crippen molar-refractivity contribution in [3.8, 4) is 11.5 Å². The van der Waals surface area contributed by atoms with E-state index in [2.05, 4.69) is 10.3 Å². The Labute approximate surface area is 180 Å². The van der Waals surface area contributed by atoms with E-state index in [-0.39, 0.29) is 11.6 Å². The number of piperidine rings is 1. The van der Waals surface area contributed by atoms with Crippen molar-refractivity contribution in [1.29, 1.82) is 0 Å². The van der Waals surface area contributed by atoms with Crippen molar-refractivity contribution in [2.75, 3.05) is 20.2 Å². The van der Waals surface area contributed by atoms with Crippen molar-refractivity contribution in [3.63, 3.8) is 0 Å². The summed E-state index contributed by atoms with van der Waals surface area (Å²) < 4.78 is 11.9. The van der Waals surface area contributed by atoms with Crippen LogP contribution in [-0.2, 0) is 0 Å². The standard InChI is InChI=1S/C25H26N2O4/c1-14-15(2)27-18-8-7-16(13-17(14)18)23(28)22-24(29)21-19(30-3)5-4-6-20(21)31-25(22)9-11-26-12-10-25/h4-8,13,22,26-27H,9-12H2,1-3H3. The number of Topliss-reactive ketones (excluding diaryl/α,β-unsaturated/α-hetero) is 2. The first-order valence-electron chi connectivity index (χ1n) is 10.7. The maximum absolute atomic E-state index is 13.9. The molecular formula is C25H26N2O4. The third-order valence-electron chi connectivity index (χ3n) is 6.86. The lowest BCUT2D eigenvalue weighted by Gasteiger charge is -2.45. The maximum atomic E-state index is 13.9. The van der Waals surface area contributed by atoms with Gasteiger partial charge in [0, 0.05) is 35.0 Å². The summed E-state index contributed by atoms with van der Waals surface area (Å²) in [6.45, 7) is 5.45. The van der Waals surface area contributed by atoms with Gasteiger partial charge in [0.05, 0.1) is 7.11 Å². The van der Waals surface area contributed by atoms with E-state index >= 15 is 0 Å². The highest BCUT2D eigenvalue weighted by atomic mass is 16.5. The number of aromatic amines is 1. The van der Waals surface area contributed by atoms with Gasteiger partial charge in [-0.15, -0.1) is 0 Å². The Bertz CT molecular complexity index is 1200. The molecule has 2 aromatic carbocycles. The van der Waals surface area contributed by atoms with E-state index in [1.807, 2.05) is 32.0 Å². The number of hydrogen-bond acceptors (Lipinski definition) is 5. The number of hydrogen-bond donors (Lipinski definition) is 2. The van der Waals surface area contributed by atoms with Crippen molar-refractivity contribution in [3.05, 3.63) is 58.8 Å². The van der Waals surface area contributed by atoms with Gasteiger partial charge < -0.3 is 19.8 Å². The predicted molar refractivity (Wildman–Crippen MR) is 118 cm³/mol. The lowest BCUT2D eigenvalue weighted by molar-refractivity contribution is -0.0141. The molecule has 1 fully saturated rings. The van der Waals surface area contributed by atoms with E-state index in [0.29, 0.717) is 48.6 Å². The molecule has 1 spiro atoms. The summed E-state index contributed by atoms with van der Waals surface area (Å²) in [6.07, 6.45) is 1.19. The van der Waals surface area contributed by atoms with Crippen LogP contribution in [0.3, 0.4) is 0 Å². The zero-order valence-electron chi connectivity index (χ0n) is 18.0. The van der Waals surface area contributed by atoms with Gasteiger partial charge in [-0.1, -0.05) is 6.07 Å². The van der Waals surface area contributed by atoms with Gasteiger partial charge in [0.2, 0.25) is 0 Å². The third kappa shape index (κ3) is 2.97. The highest BCUT2D eigenvalue weighted by molar-refractivity contribution is 6.20. The molecule has 5 rings (SSSR count). The van der Waals surface area contributed by atoms with Gasteiger partial charge >= 0.3 is 0 Å². The van der Waals surface area contributed by atoms with Crippen LogP contribution in [0.1, 0.15) is 44.8 Å². The first-order chi connectivity index (χ1) is 14.9. The summed E-state index contributed by atoms with van der Waals surface area (Å²) in [5.41, 5.74) is 3.22. The monoisotopic (exact) mass is 418 g/mol. The Kier molecular flexibility index (Phi) is 4.63. The number of carbonyl (C=O) groups is 2. The summed E-state index contributed by atoms with van der Waals surface area (Å²) in [6, 6.07) is 11.0. The summed E-state index contributed by atoms with van der Waals surface area (Å²) in [5, 5.41) is 4.32. The second-order valence-corrected chi connectivity index (χ2v) is 8.55. The number of methoxy groups -OCH3 is 1. The Morgan fingerprint density at radius 2 is 1.94 bits per heavy atom. The molecule has 0 radical (unpaired) electrons. The van der Waals surface area contributed by atoms with Crippen LogP contribution >= 0.6 is 0 Å². The van der Waals surface area contributed by atoms with Gasteiger partial charge in [0.25, 0.3) is 0 Å². The van der Waals surface area contributed by atoms with E-state index < -0.39 is 11.5 Å². The fourth-order valence-electron chi connectivity index (χ4n) is 5.05. The molecule has 3 aromatic rings. The van der Waals surface area contributed by atoms with Crippen molar-refractivity contribution in [1.82, 2.24) is 10.3 Å². The van der Waals surface area contributed by atoms with E-state index in [4.69, 9.17) is 9.47 Å². The molecule has 1 unspecified atom stereocenters. The summed E-state index contributed by atoms with van der Waals surface area (Å²) in [5.74, 6) is -0.369. The summed E-state index contributed by atoms with van der Waals surface area (Å²) >= 11 is 0. The van der Waals surface area contributed by atoms with Crippen molar-refractivity contribution in [2.45, 2.75) is 32.3 Å². The Morgan fingerprint density at radius 1 is 1.16 bits per heavy atom. The van der Waals surface area contributed by atoms with E-state index in [0.717, 1.165) is 22.2 Å². The van der Waals surface area contributed by atoms with Gasteiger partial charge in [-0.05, 0) is 62.8 Å². The number of ether oxygens (including phenoxy) is 2. The van der Waals surface area contributed by atoms with E-state index in [1.54, 1.807) is 18.2 Å². The molecule has 2 N–H and O–H groups in total. The van der Waals surface area contributed by atoms with Crippen LogP contribution in [0.4, 0.5) is 0 Å². The zero-order chi connectivity index (χ0) is 21.8. The fourth-order valence-corrected chi connectivity index (χ4v) is 5.05. The minimum Gasteiger partial charge on any atom is -0.496 e. The first-order valence-corrected chi connectivity index (χ1v) is 10.7. The molecular weight excluding hydrogens is 392 g/mol. The van der Waals surface area contributed by atoms with Crippen LogP contribution in [0, 0.1) is 19.8 Å². The number of ketones is 2. The minimum absolute atomic E-state index is 0.191. The maximum Gasteiger partial charge on any atom is 0.185 e. The molecule has 31 heavy (non-hydrogen) atoms. The quantitative estimate of drug-likeness (QED) is 0.497. The molecule has 6 heteroatoms. The SMILES string of the molecule is COc1cccc2c1C(=O)C(C(=O)c1ccc3[nH]c(C)c(C)c3c1)C1(CCNCC1)O2. The van der Waals surface area contributed by atoms with Crippen molar-refractivity contribution >= 4 is 22.5 Å². The zero-order valence-corrected chi connectivity index (χ0v) is 18.0. The normalized spacial score (nSPS) is 19.8. The summed E-state index contributed by atoms with van der Waals surface area (Å²) in [7, 11) is 1.53. The molecule has 2 aliphatic heterocycles. The predicted octanol–water partition coefficient (Wildman–Crippen LogP) is 3.99. The van der Waals surface area contributed by atoms with Crippen LogP contribution in [-0.4, -0.2) is 42.4 Å². The number of fused-ring (bicyclic) bond motifs is 2. The van der Waals surface area contributed by atoms with Gasteiger partial charge in [-0.3, -0.25) is 9.59 Å². The smallest absolute Gasteiger partial charge is 0.185 e. The molecule has 1 aromatic heterocycles. The van der Waals surface area contributed by atoms with Gasteiger partial charge in [-0.25, -0.2) is 0 Å². The second kappa shape index (κ2) is 7.24. The van der Waals surface area contributed by atoms with Crippen LogP contribution in [0.15, 0.2) is 36.4 Å². The fraction of sp³-hybridized carbons (Fsp3) is 0.360. The van der Waals surface area contributed by atoms with Gasteiger partial charge in [0.1, 0.15) is 28.6 Å². The Morgan fingerprint density at radius 3 is 2.68 bits per heavy atom. The molecule has 1 saturated heterocycles. The number of H-pyrrole nitrogens is 1. The lowest BCUT2D eigenvalue weighted by Crippen LogP contribution is -2.58. The molecule has 6 nitrogen and oxygen atoms in total. The second-order valence-electron chi connectivity index (χ2n) is 8.55. The Hall–Kier alpha value is -3.12. The average molecular weight is 418 g/mol. The lowest BCUT2D eigenvalue weighted by atomic mass is 9.70. The molecule has 0 saturated carbocycles. The number of nitrogens with one attached hydrogen (secondary N) is 2. The molecule has 0 aliphatic carbocycles. The number of aryl methyl sites for hydroxylation is 2. The van der Waals surface area contributed by atoms with Crippen LogP contribution < -0.4 is 14.8 Å². The topological polar surface area (TPSA) is 80.4 Å². The van der Waals surface area contributed by atoms with Crippen LogP contribution in [0.5, 0.6) is 11.5 Å². The molecule has 2 aliphatic rings. The number of carbonyl (C=O) groups excluding carboxylic acids is 2. The van der Waals surface area contributed by atoms with Crippen LogP contribution in [0.2, 0.25) is 0 Å². The van der Waals surface area contributed by atoms with Gasteiger partial charge in [0.15, 0.2) is 11.6 Å². The third-order valence-corrected chi connectivity index (χ3v) is 6.86. The molecule has 0 bridgehead atoms. The number of rotatable bonds is 3. The molecule has 160 valence electrons. The van der Waals surface area contributed by atoms with Gasteiger partial charge in [-0.2, -0.15) is 0 Å². The van der Waals surface area contributed by atoms with Crippen molar-refractivity contribution < 1.29 is 19.1 Å². The largest absolute Gasteiger partial charge is 0.496 e. The highest BCUT2D eigenvalue weighted by Gasteiger charge is 2.54. The highest BCUT2D eigenvalue weighted by Crippen LogP contribution is 2.46. The minimum atomic E-state index is -0.906. The molecule has 3 heterocycles. The molecule has 0 amide bonds.